The van der Waals surface area contributed by atoms with Crippen molar-refractivity contribution in [2.24, 2.45) is 5.92 Å². The SMILES string of the molecule is CN(C)CCC1SCCC1C(=O)O. The van der Waals surface area contributed by atoms with E-state index in [4.69, 9.17) is 5.11 Å². The summed E-state index contributed by atoms with van der Waals surface area (Å²) >= 11 is 1.81. The van der Waals surface area contributed by atoms with Crippen molar-refractivity contribution in [2.75, 3.05) is 26.4 Å². The Bertz CT molecular complexity index is 184. The molecule has 0 aromatic rings. The molecule has 13 heavy (non-hydrogen) atoms. The zero-order valence-electron chi connectivity index (χ0n) is 8.19. The number of hydrogen-bond acceptors (Lipinski definition) is 3. The highest BCUT2D eigenvalue weighted by Gasteiger charge is 2.32. The normalized spacial score (nSPS) is 28.2. The molecule has 1 aliphatic heterocycles. The van der Waals surface area contributed by atoms with Crippen molar-refractivity contribution in [3.8, 4) is 0 Å². The van der Waals surface area contributed by atoms with Crippen LogP contribution in [0.25, 0.3) is 0 Å². The van der Waals surface area contributed by atoms with Crippen LogP contribution in [-0.4, -0.2) is 47.6 Å². The second kappa shape index (κ2) is 4.86. The van der Waals surface area contributed by atoms with E-state index in [1.54, 1.807) is 0 Å². The van der Waals surface area contributed by atoms with Crippen molar-refractivity contribution in [1.29, 1.82) is 0 Å². The van der Waals surface area contributed by atoms with Crippen LogP contribution in [0, 0.1) is 5.92 Å². The van der Waals surface area contributed by atoms with Crippen LogP contribution in [0.3, 0.4) is 0 Å². The number of carboxylic acids is 1. The topological polar surface area (TPSA) is 40.5 Å². The Hall–Kier alpha value is -0.220. The van der Waals surface area contributed by atoms with Crippen LogP contribution >= 0.6 is 11.8 Å². The first-order valence-corrected chi connectivity index (χ1v) is 5.65. The summed E-state index contributed by atoms with van der Waals surface area (Å²) in [6.45, 7) is 0.988. The summed E-state index contributed by atoms with van der Waals surface area (Å²) < 4.78 is 0. The van der Waals surface area contributed by atoms with E-state index in [-0.39, 0.29) is 5.92 Å². The minimum atomic E-state index is -0.617. The van der Waals surface area contributed by atoms with Crippen molar-refractivity contribution in [1.82, 2.24) is 4.90 Å². The maximum absolute atomic E-state index is 10.8. The van der Waals surface area contributed by atoms with Crippen molar-refractivity contribution in [3.05, 3.63) is 0 Å². The van der Waals surface area contributed by atoms with Gasteiger partial charge in [-0.05, 0) is 39.2 Å². The van der Waals surface area contributed by atoms with E-state index >= 15 is 0 Å². The van der Waals surface area contributed by atoms with Gasteiger partial charge in [-0.2, -0.15) is 11.8 Å². The second-order valence-electron chi connectivity index (χ2n) is 3.73. The Labute approximate surface area is 83.5 Å². The maximum atomic E-state index is 10.8. The first-order chi connectivity index (χ1) is 6.11. The zero-order chi connectivity index (χ0) is 9.84. The molecule has 2 atom stereocenters. The van der Waals surface area contributed by atoms with Crippen molar-refractivity contribution < 1.29 is 9.90 Å². The first kappa shape index (κ1) is 10.9. The Balaban J connectivity index is 2.35. The van der Waals surface area contributed by atoms with Gasteiger partial charge in [0.05, 0.1) is 5.92 Å². The van der Waals surface area contributed by atoms with Crippen LogP contribution in [0.1, 0.15) is 12.8 Å². The summed E-state index contributed by atoms with van der Waals surface area (Å²) in [6, 6.07) is 0. The summed E-state index contributed by atoms with van der Waals surface area (Å²) in [5.74, 6) is 0.286. The van der Waals surface area contributed by atoms with Crippen molar-refractivity contribution in [3.63, 3.8) is 0 Å². The third-order valence-electron chi connectivity index (χ3n) is 2.39. The van der Waals surface area contributed by atoms with Crippen LogP contribution in [-0.2, 0) is 4.79 Å². The summed E-state index contributed by atoms with van der Waals surface area (Å²) in [6.07, 6.45) is 1.84. The molecule has 76 valence electrons. The molecule has 0 amide bonds. The van der Waals surface area contributed by atoms with Crippen molar-refractivity contribution in [2.45, 2.75) is 18.1 Å². The number of hydrogen-bond donors (Lipinski definition) is 1. The Morgan fingerprint density at radius 1 is 1.62 bits per heavy atom. The monoisotopic (exact) mass is 203 g/mol. The fourth-order valence-electron chi connectivity index (χ4n) is 1.60. The van der Waals surface area contributed by atoms with E-state index in [0.717, 1.165) is 25.1 Å². The van der Waals surface area contributed by atoms with Gasteiger partial charge in [0.1, 0.15) is 0 Å². The van der Waals surface area contributed by atoms with Gasteiger partial charge in [0.25, 0.3) is 0 Å². The van der Waals surface area contributed by atoms with Gasteiger partial charge in [-0.15, -0.1) is 0 Å². The quantitative estimate of drug-likeness (QED) is 0.744. The molecule has 0 aliphatic carbocycles. The standard InChI is InChI=1S/C9H17NO2S/c1-10(2)5-3-8-7(9(11)12)4-6-13-8/h7-8H,3-6H2,1-2H3,(H,11,12). The third-order valence-corrected chi connectivity index (χ3v) is 3.85. The predicted octanol–water partition coefficient (Wildman–Crippen LogP) is 1.14. The van der Waals surface area contributed by atoms with Gasteiger partial charge in [-0.3, -0.25) is 4.79 Å². The minimum absolute atomic E-state index is 0.107. The molecule has 1 heterocycles. The highest BCUT2D eigenvalue weighted by atomic mass is 32.2. The smallest absolute Gasteiger partial charge is 0.307 e. The largest absolute Gasteiger partial charge is 0.481 e. The molecule has 1 fully saturated rings. The fourth-order valence-corrected chi connectivity index (χ4v) is 3.05. The van der Waals surface area contributed by atoms with E-state index in [2.05, 4.69) is 4.90 Å². The fraction of sp³-hybridized carbons (Fsp3) is 0.889. The van der Waals surface area contributed by atoms with Gasteiger partial charge >= 0.3 is 5.97 Å². The number of carboxylic acid groups (broad SMARTS) is 1. The summed E-state index contributed by atoms with van der Waals surface area (Å²) in [7, 11) is 4.05. The molecule has 2 unspecified atom stereocenters. The molecule has 0 radical (unpaired) electrons. The Kier molecular flexibility index (Phi) is 4.06. The average Bonchev–Trinajstić information content (AvgIpc) is 2.47. The molecule has 1 rings (SSSR count). The molecule has 1 aliphatic rings. The van der Waals surface area contributed by atoms with E-state index in [1.807, 2.05) is 25.9 Å². The number of nitrogens with zero attached hydrogens (tertiary/aromatic N) is 1. The van der Waals surface area contributed by atoms with Gasteiger partial charge in [0.15, 0.2) is 0 Å². The molecule has 0 bridgehead atoms. The Morgan fingerprint density at radius 3 is 2.85 bits per heavy atom. The lowest BCUT2D eigenvalue weighted by Gasteiger charge is -2.17. The number of rotatable bonds is 4. The molecule has 3 nitrogen and oxygen atoms in total. The van der Waals surface area contributed by atoms with Crippen LogP contribution in [0.5, 0.6) is 0 Å². The summed E-state index contributed by atoms with van der Waals surface area (Å²) in [5, 5.41) is 9.26. The van der Waals surface area contributed by atoms with Crippen LogP contribution in [0.15, 0.2) is 0 Å². The maximum Gasteiger partial charge on any atom is 0.307 e. The van der Waals surface area contributed by atoms with Gasteiger partial charge < -0.3 is 10.0 Å². The van der Waals surface area contributed by atoms with Crippen LogP contribution in [0.2, 0.25) is 0 Å². The lowest BCUT2D eigenvalue weighted by atomic mass is 10.0. The van der Waals surface area contributed by atoms with Crippen LogP contribution in [0.4, 0.5) is 0 Å². The van der Waals surface area contributed by atoms with E-state index in [1.165, 1.54) is 0 Å². The molecule has 0 spiro atoms. The lowest BCUT2D eigenvalue weighted by Crippen LogP contribution is -2.25. The van der Waals surface area contributed by atoms with Gasteiger partial charge in [-0.1, -0.05) is 0 Å². The van der Waals surface area contributed by atoms with Crippen LogP contribution < -0.4 is 0 Å². The molecule has 0 saturated carbocycles. The second-order valence-corrected chi connectivity index (χ2v) is 5.08. The zero-order valence-corrected chi connectivity index (χ0v) is 9.01. The van der Waals surface area contributed by atoms with Gasteiger partial charge in [0, 0.05) is 5.25 Å². The Morgan fingerprint density at radius 2 is 2.31 bits per heavy atom. The highest BCUT2D eigenvalue weighted by molar-refractivity contribution is 8.00. The molecular formula is C9H17NO2S. The molecule has 4 heteroatoms. The lowest BCUT2D eigenvalue weighted by molar-refractivity contribution is -0.141. The number of carbonyl (C=O) groups is 1. The van der Waals surface area contributed by atoms with Gasteiger partial charge in [0.2, 0.25) is 0 Å². The average molecular weight is 203 g/mol. The highest BCUT2D eigenvalue weighted by Crippen LogP contribution is 2.34. The molecule has 0 aromatic carbocycles. The number of thioether (sulfide) groups is 1. The first-order valence-electron chi connectivity index (χ1n) is 4.60. The minimum Gasteiger partial charge on any atom is -0.481 e. The van der Waals surface area contributed by atoms with Crippen molar-refractivity contribution >= 4 is 17.7 Å². The molecular weight excluding hydrogens is 186 g/mol. The molecule has 1 N–H and O–H groups in total. The predicted molar refractivity (Wildman–Crippen MR) is 55.2 cm³/mol. The van der Waals surface area contributed by atoms with E-state index in [9.17, 15) is 4.79 Å². The summed E-state index contributed by atoms with van der Waals surface area (Å²) in [5.41, 5.74) is 0. The molecule has 1 saturated heterocycles. The number of aliphatic carboxylic acids is 1. The molecule has 0 aromatic heterocycles. The van der Waals surface area contributed by atoms with Gasteiger partial charge in [-0.25, -0.2) is 0 Å². The third kappa shape index (κ3) is 3.19. The summed E-state index contributed by atoms with van der Waals surface area (Å²) in [4.78, 5) is 12.9. The van der Waals surface area contributed by atoms with E-state index in [0.29, 0.717) is 5.25 Å². The van der Waals surface area contributed by atoms with E-state index < -0.39 is 5.97 Å².